The molecule has 1 aliphatic heterocycles. The second-order valence-corrected chi connectivity index (χ2v) is 9.78. The molecule has 5 rings (SSSR count). The standard InChI is InChI=1S/C25H26N2O5S/c28-23(27-14-33-13-22(27)24(29)30)19-10-5-11-21(19)26-25(31)32-12-20-17-8-3-1-6-15(17)16-7-2-4-9-18(16)20/h1-4,6-9,19-22H,5,10-14H2,(H,26,31)(H,29,30)/t19-,21+,22?/m1/s1. The number of nitrogens with one attached hydrogen (secondary N) is 1. The van der Waals surface area contributed by atoms with Crippen molar-refractivity contribution in [2.24, 2.45) is 5.92 Å². The van der Waals surface area contributed by atoms with Crippen LogP contribution in [0, 0.1) is 5.92 Å². The molecule has 172 valence electrons. The number of carboxylic acids is 1. The van der Waals surface area contributed by atoms with Gasteiger partial charge in [-0.05, 0) is 35.1 Å². The molecule has 2 fully saturated rings. The summed E-state index contributed by atoms with van der Waals surface area (Å²) in [5, 5.41) is 12.3. The van der Waals surface area contributed by atoms with E-state index in [9.17, 15) is 19.5 Å². The molecule has 2 aromatic rings. The second-order valence-electron chi connectivity index (χ2n) is 8.78. The van der Waals surface area contributed by atoms with Gasteiger partial charge >= 0.3 is 12.1 Å². The number of benzene rings is 2. The van der Waals surface area contributed by atoms with E-state index in [0.29, 0.717) is 24.5 Å². The Bertz CT molecular complexity index is 1040. The molecule has 0 radical (unpaired) electrons. The number of aliphatic carboxylic acids is 1. The predicted octanol–water partition coefficient (Wildman–Crippen LogP) is 3.68. The molecule has 3 atom stereocenters. The van der Waals surface area contributed by atoms with E-state index in [1.807, 2.05) is 24.3 Å². The quantitative estimate of drug-likeness (QED) is 0.698. The molecule has 2 aromatic carbocycles. The SMILES string of the molecule is O=C(N[C@H]1CCC[C@H]1C(=O)N1CSCC1C(=O)O)OCC1c2ccccc2-c2ccccc21. The summed E-state index contributed by atoms with van der Waals surface area (Å²) in [6, 6.07) is 15.2. The summed E-state index contributed by atoms with van der Waals surface area (Å²) in [4.78, 5) is 38.7. The van der Waals surface area contributed by atoms with E-state index >= 15 is 0 Å². The highest BCUT2D eigenvalue weighted by Gasteiger charge is 2.42. The van der Waals surface area contributed by atoms with Crippen molar-refractivity contribution in [1.82, 2.24) is 10.2 Å². The van der Waals surface area contributed by atoms with Crippen molar-refractivity contribution in [2.45, 2.75) is 37.3 Å². The van der Waals surface area contributed by atoms with Crippen molar-refractivity contribution in [1.29, 1.82) is 0 Å². The molecule has 7 nitrogen and oxygen atoms in total. The third-order valence-electron chi connectivity index (χ3n) is 6.93. The molecule has 2 N–H and O–H groups in total. The van der Waals surface area contributed by atoms with Crippen LogP contribution in [0.1, 0.15) is 36.3 Å². The van der Waals surface area contributed by atoms with Gasteiger partial charge in [0.2, 0.25) is 5.91 Å². The zero-order chi connectivity index (χ0) is 22.9. The third kappa shape index (κ3) is 4.08. The van der Waals surface area contributed by atoms with Crippen LogP contribution in [0.2, 0.25) is 0 Å². The Balaban J connectivity index is 1.23. The van der Waals surface area contributed by atoms with E-state index in [1.54, 1.807) is 0 Å². The lowest BCUT2D eigenvalue weighted by Crippen LogP contribution is -2.49. The van der Waals surface area contributed by atoms with Crippen LogP contribution >= 0.6 is 11.8 Å². The largest absolute Gasteiger partial charge is 0.480 e. The van der Waals surface area contributed by atoms with Crippen LogP contribution < -0.4 is 5.32 Å². The molecule has 33 heavy (non-hydrogen) atoms. The highest BCUT2D eigenvalue weighted by Crippen LogP contribution is 2.44. The molecule has 1 heterocycles. The fourth-order valence-corrected chi connectivity index (χ4v) is 6.45. The fraction of sp³-hybridized carbons (Fsp3) is 0.400. The molecular formula is C25H26N2O5S. The Labute approximate surface area is 196 Å². The van der Waals surface area contributed by atoms with Crippen molar-refractivity contribution in [3.05, 3.63) is 59.7 Å². The van der Waals surface area contributed by atoms with E-state index in [0.717, 1.165) is 17.5 Å². The van der Waals surface area contributed by atoms with Gasteiger partial charge < -0.3 is 20.1 Å². The summed E-state index contributed by atoms with van der Waals surface area (Å²) in [6.45, 7) is 0.217. The molecule has 2 aliphatic carbocycles. The average molecular weight is 467 g/mol. The van der Waals surface area contributed by atoms with Crippen molar-refractivity contribution in [3.63, 3.8) is 0 Å². The molecule has 8 heteroatoms. The first kappa shape index (κ1) is 21.8. The number of fused-ring (bicyclic) bond motifs is 3. The molecule has 3 aliphatic rings. The minimum atomic E-state index is -0.979. The summed E-state index contributed by atoms with van der Waals surface area (Å²) < 4.78 is 5.64. The van der Waals surface area contributed by atoms with Gasteiger partial charge in [0.25, 0.3) is 0 Å². The Morgan fingerprint density at radius 1 is 1.03 bits per heavy atom. The lowest BCUT2D eigenvalue weighted by atomic mass is 9.98. The predicted molar refractivity (Wildman–Crippen MR) is 125 cm³/mol. The highest BCUT2D eigenvalue weighted by atomic mass is 32.2. The number of nitrogens with zero attached hydrogens (tertiary/aromatic N) is 1. The monoisotopic (exact) mass is 466 g/mol. The van der Waals surface area contributed by atoms with E-state index in [-0.39, 0.29) is 24.5 Å². The van der Waals surface area contributed by atoms with Crippen LogP contribution in [0.4, 0.5) is 4.79 Å². The average Bonchev–Trinajstić information content (AvgIpc) is 3.55. The van der Waals surface area contributed by atoms with Gasteiger partial charge in [0.1, 0.15) is 12.6 Å². The number of alkyl carbamates (subject to hydrolysis) is 1. The number of hydrogen-bond acceptors (Lipinski definition) is 5. The van der Waals surface area contributed by atoms with E-state index in [4.69, 9.17) is 4.74 Å². The van der Waals surface area contributed by atoms with Crippen LogP contribution in [0.5, 0.6) is 0 Å². The first-order chi connectivity index (χ1) is 16.0. The van der Waals surface area contributed by atoms with Gasteiger partial charge in [-0.25, -0.2) is 9.59 Å². The Kier molecular flexibility index (Phi) is 6.01. The molecule has 1 saturated carbocycles. The normalized spacial score (nSPS) is 23.8. The molecule has 0 spiro atoms. The Morgan fingerprint density at radius 2 is 1.70 bits per heavy atom. The number of ether oxygens (including phenoxy) is 1. The number of thioether (sulfide) groups is 1. The maximum atomic E-state index is 13.1. The summed E-state index contributed by atoms with van der Waals surface area (Å²) in [6.07, 6.45) is 1.59. The molecule has 0 bridgehead atoms. The zero-order valence-corrected chi connectivity index (χ0v) is 18.9. The van der Waals surface area contributed by atoms with Crippen LogP contribution in [0.3, 0.4) is 0 Å². The molecule has 1 unspecified atom stereocenters. The van der Waals surface area contributed by atoms with Gasteiger partial charge in [0.15, 0.2) is 0 Å². The zero-order valence-electron chi connectivity index (χ0n) is 18.1. The van der Waals surface area contributed by atoms with Crippen LogP contribution in [-0.4, -0.2) is 58.3 Å². The topological polar surface area (TPSA) is 95.9 Å². The molecule has 2 amide bonds. The highest BCUT2D eigenvalue weighted by molar-refractivity contribution is 7.99. The van der Waals surface area contributed by atoms with Gasteiger partial charge in [0.05, 0.1) is 11.8 Å². The summed E-state index contributed by atoms with van der Waals surface area (Å²) in [7, 11) is 0. The van der Waals surface area contributed by atoms with E-state index in [2.05, 4.69) is 29.6 Å². The van der Waals surface area contributed by atoms with Crippen molar-refractivity contribution < 1.29 is 24.2 Å². The number of carbonyl (C=O) groups is 3. The van der Waals surface area contributed by atoms with Crippen molar-refractivity contribution >= 4 is 29.7 Å². The van der Waals surface area contributed by atoms with Gasteiger partial charge in [-0.2, -0.15) is 0 Å². The Hall–Kier alpha value is -3.00. The summed E-state index contributed by atoms with van der Waals surface area (Å²) >= 11 is 1.44. The first-order valence-corrected chi connectivity index (χ1v) is 12.4. The number of carboxylic acid groups (broad SMARTS) is 1. The molecular weight excluding hydrogens is 440 g/mol. The lowest BCUT2D eigenvalue weighted by molar-refractivity contribution is -0.149. The van der Waals surface area contributed by atoms with Crippen LogP contribution in [-0.2, 0) is 14.3 Å². The number of carbonyl (C=O) groups excluding carboxylic acids is 2. The van der Waals surface area contributed by atoms with E-state index < -0.39 is 24.0 Å². The van der Waals surface area contributed by atoms with Crippen molar-refractivity contribution in [3.8, 4) is 11.1 Å². The number of hydrogen-bond donors (Lipinski definition) is 2. The fourth-order valence-electron chi connectivity index (χ4n) is 5.30. The maximum absolute atomic E-state index is 13.1. The third-order valence-corrected chi connectivity index (χ3v) is 7.94. The van der Waals surface area contributed by atoms with Crippen molar-refractivity contribution in [2.75, 3.05) is 18.2 Å². The van der Waals surface area contributed by atoms with Crippen LogP contribution in [0.25, 0.3) is 11.1 Å². The van der Waals surface area contributed by atoms with Gasteiger partial charge in [-0.1, -0.05) is 55.0 Å². The van der Waals surface area contributed by atoms with Crippen LogP contribution in [0.15, 0.2) is 48.5 Å². The molecule has 1 saturated heterocycles. The lowest BCUT2D eigenvalue weighted by Gasteiger charge is -2.27. The van der Waals surface area contributed by atoms with Gasteiger partial charge in [-0.15, -0.1) is 11.8 Å². The summed E-state index contributed by atoms with van der Waals surface area (Å²) in [5.74, 6) is -0.822. The smallest absolute Gasteiger partial charge is 0.407 e. The summed E-state index contributed by atoms with van der Waals surface area (Å²) in [5.41, 5.74) is 4.62. The van der Waals surface area contributed by atoms with E-state index in [1.165, 1.54) is 27.8 Å². The number of rotatable bonds is 5. The first-order valence-electron chi connectivity index (χ1n) is 11.3. The number of amides is 2. The van der Waals surface area contributed by atoms with Gasteiger partial charge in [0, 0.05) is 17.7 Å². The Morgan fingerprint density at radius 3 is 2.36 bits per heavy atom. The minimum Gasteiger partial charge on any atom is -0.480 e. The minimum absolute atomic E-state index is 0.0258. The second kappa shape index (κ2) is 9.09. The molecule has 0 aromatic heterocycles. The van der Waals surface area contributed by atoms with Gasteiger partial charge in [-0.3, -0.25) is 4.79 Å². The maximum Gasteiger partial charge on any atom is 0.407 e.